The van der Waals surface area contributed by atoms with Gasteiger partial charge < -0.3 is 15.0 Å². The molecule has 1 aromatic heterocycles. The zero-order chi connectivity index (χ0) is 25.3. The van der Waals surface area contributed by atoms with E-state index >= 15 is 0 Å². The molecule has 4 atom stereocenters. The van der Waals surface area contributed by atoms with Crippen LogP contribution >= 0.6 is 0 Å². The number of rotatable bonds is 4. The molecule has 3 aliphatic rings. The summed E-state index contributed by atoms with van der Waals surface area (Å²) in [6.45, 7) is 0. The maximum absolute atomic E-state index is 14.1. The molecular weight excluding hydrogens is 468 g/mol. The fourth-order valence-corrected chi connectivity index (χ4v) is 6.47. The molecule has 3 amide bonds. The van der Waals surface area contributed by atoms with Gasteiger partial charge in [-0.05, 0) is 36.2 Å². The van der Waals surface area contributed by atoms with Crippen LogP contribution < -0.4 is 20.3 Å². The molecule has 0 unspecified atom stereocenters. The zero-order valence-electron chi connectivity index (χ0n) is 20.0. The number of nitrogens with zero attached hydrogens (tertiary/aromatic N) is 1. The van der Waals surface area contributed by atoms with Crippen LogP contribution in [0.15, 0.2) is 79.0 Å². The van der Waals surface area contributed by atoms with Gasteiger partial charge in [-0.2, -0.15) is 0 Å². The van der Waals surface area contributed by atoms with E-state index in [4.69, 9.17) is 4.74 Å². The Morgan fingerprint density at radius 1 is 0.946 bits per heavy atom. The summed E-state index contributed by atoms with van der Waals surface area (Å²) in [6, 6.07) is 21.8. The van der Waals surface area contributed by atoms with Gasteiger partial charge in [0.25, 0.3) is 0 Å². The summed E-state index contributed by atoms with van der Waals surface area (Å²) in [7, 11) is 1.54. The summed E-state index contributed by atoms with van der Waals surface area (Å²) in [6.07, 6.45) is 2.42. The number of fused-ring (bicyclic) bond motifs is 5. The second-order valence-corrected chi connectivity index (χ2v) is 9.84. The predicted octanol–water partition coefficient (Wildman–Crippen LogP) is 3.34. The molecule has 37 heavy (non-hydrogen) atoms. The summed E-state index contributed by atoms with van der Waals surface area (Å²) >= 11 is 0. The number of aromatic amines is 1. The number of carbonyl (C=O) groups is 3. The lowest BCUT2D eigenvalue weighted by Crippen LogP contribution is -2.53. The Morgan fingerprint density at radius 2 is 1.76 bits per heavy atom. The van der Waals surface area contributed by atoms with Crippen molar-refractivity contribution < 1.29 is 19.1 Å². The Morgan fingerprint density at radius 3 is 2.62 bits per heavy atom. The maximum Gasteiger partial charge on any atom is 0.250 e. The van der Waals surface area contributed by atoms with Crippen molar-refractivity contribution in [1.82, 2.24) is 10.3 Å². The normalized spacial score (nSPS) is 26.1. The molecule has 3 aliphatic heterocycles. The van der Waals surface area contributed by atoms with Gasteiger partial charge in [-0.3, -0.25) is 19.7 Å². The molecule has 0 saturated carbocycles. The number of carbonyl (C=O) groups excluding carboxylic acids is 3. The van der Waals surface area contributed by atoms with E-state index in [1.807, 2.05) is 54.7 Å². The zero-order valence-corrected chi connectivity index (χ0v) is 20.0. The van der Waals surface area contributed by atoms with E-state index in [0.717, 1.165) is 16.5 Å². The van der Waals surface area contributed by atoms with Crippen LogP contribution in [0.25, 0.3) is 10.9 Å². The minimum Gasteiger partial charge on any atom is -0.497 e. The van der Waals surface area contributed by atoms with Crippen LogP contribution in [0.2, 0.25) is 0 Å². The van der Waals surface area contributed by atoms with E-state index in [2.05, 4.69) is 15.6 Å². The van der Waals surface area contributed by atoms with Crippen molar-refractivity contribution in [2.75, 3.05) is 17.3 Å². The molecule has 2 saturated heterocycles. The van der Waals surface area contributed by atoms with Gasteiger partial charge >= 0.3 is 0 Å². The summed E-state index contributed by atoms with van der Waals surface area (Å²) in [4.78, 5) is 46.4. The summed E-state index contributed by atoms with van der Waals surface area (Å²) < 4.78 is 5.34. The molecule has 3 aromatic carbocycles. The van der Waals surface area contributed by atoms with Crippen molar-refractivity contribution in [3.8, 4) is 5.75 Å². The second kappa shape index (κ2) is 7.78. The Hall–Kier alpha value is -4.43. The fourth-order valence-electron chi connectivity index (χ4n) is 6.47. The van der Waals surface area contributed by atoms with Crippen LogP contribution in [0.1, 0.15) is 11.1 Å². The summed E-state index contributed by atoms with van der Waals surface area (Å²) in [5.41, 5.74) is 2.49. The SMILES string of the molecule is COc1cccc(N2C(=O)[C@H]3[C@@H](C2=O)[C@@]2(N[C@@H]3Cc3c[nH]c4ccccc34)C(=O)Nc3ccccc32)c1. The van der Waals surface area contributed by atoms with Gasteiger partial charge in [0.15, 0.2) is 0 Å². The van der Waals surface area contributed by atoms with Crippen molar-refractivity contribution in [1.29, 1.82) is 0 Å². The van der Waals surface area contributed by atoms with E-state index in [-0.39, 0.29) is 17.7 Å². The van der Waals surface area contributed by atoms with E-state index in [0.29, 0.717) is 29.1 Å². The molecule has 184 valence electrons. The van der Waals surface area contributed by atoms with Crippen LogP contribution in [0.5, 0.6) is 5.75 Å². The number of hydrogen-bond donors (Lipinski definition) is 3. The highest BCUT2D eigenvalue weighted by molar-refractivity contribution is 6.25. The van der Waals surface area contributed by atoms with Crippen LogP contribution in [-0.2, 0) is 26.3 Å². The number of nitrogens with one attached hydrogen (secondary N) is 3. The molecule has 0 bridgehead atoms. The van der Waals surface area contributed by atoms with Crippen LogP contribution in [0.4, 0.5) is 11.4 Å². The van der Waals surface area contributed by atoms with Crippen molar-refractivity contribution >= 4 is 40.0 Å². The van der Waals surface area contributed by atoms with Crippen molar-refractivity contribution in [2.45, 2.75) is 18.0 Å². The molecule has 0 radical (unpaired) electrons. The molecule has 8 heteroatoms. The van der Waals surface area contributed by atoms with Crippen molar-refractivity contribution in [2.24, 2.45) is 11.8 Å². The van der Waals surface area contributed by atoms with Crippen LogP contribution in [0, 0.1) is 11.8 Å². The van der Waals surface area contributed by atoms with Gasteiger partial charge in [-0.15, -0.1) is 0 Å². The number of imide groups is 1. The number of ether oxygens (including phenoxy) is 1. The molecule has 1 spiro atoms. The van der Waals surface area contributed by atoms with Crippen molar-refractivity contribution in [3.63, 3.8) is 0 Å². The van der Waals surface area contributed by atoms with Gasteiger partial charge in [0.2, 0.25) is 17.7 Å². The average Bonchev–Trinajstić information content (AvgIpc) is 3.63. The average molecular weight is 493 g/mol. The lowest BCUT2D eigenvalue weighted by Gasteiger charge is -2.29. The topological polar surface area (TPSA) is 104 Å². The minimum absolute atomic E-state index is 0.307. The first-order chi connectivity index (χ1) is 18.0. The summed E-state index contributed by atoms with van der Waals surface area (Å²) in [5, 5.41) is 7.52. The Bertz CT molecular complexity index is 1610. The summed E-state index contributed by atoms with van der Waals surface area (Å²) in [5.74, 6) is -2.06. The quantitative estimate of drug-likeness (QED) is 0.379. The second-order valence-electron chi connectivity index (χ2n) is 9.84. The first kappa shape index (κ1) is 21.8. The number of amides is 3. The number of aromatic nitrogens is 1. The molecule has 0 aliphatic carbocycles. The standard InChI is InChI=1S/C29H24N4O4/c1-37-18-8-6-7-17(14-18)33-26(34)24-23(13-16-15-30-21-11-4-2-9-19(16)21)32-29(25(24)27(33)35)20-10-3-5-12-22(20)31-28(29)36/h2-12,14-15,23-25,30,32H,13H2,1H3,(H,31,36)/t23-,24-,25+,29-/m1/s1. The highest BCUT2D eigenvalue weighted by atomic mass is 16.5. The van der Waals surface area contributed by atoms with E-state index in [1.54, 1.807) is 24.3 Å². The molecule has 2 fully saturated rings. The van der Waals surface area contributed by atoms with Gasteiger partial charge in [0, 0.05) is 40.5 Å². The number of H-pyrrole nitrogens is 1. The number of methoxy groups -OCH3 is 1. The predicted molar refractivity (Wildman–Crippen MR) is 138 cm³/mol. The number of anilines is 2. The molecule has 4 aromatic rings. The molecular formula is C29H24N4O4. The first-order valence-electron chi connectivity index (χ1n) is 12.3. The van der Waals surface area contributed by atoms with E-state index in [1.165, 1.54) is 12.0 Å². The number of benzene rings is 3. The Balaban J connectivity index is 1.37. The molecule has 4 heterocycles. The van der Waals surface area contributed by atoms with Gasteiger partial charge in [0.1, 0.15) is 11.3 Å². The van der Waals surface area contributed by atoms with E-state index in [9.17, 15) is 14.4 Å². The van der Waals surface area contributed by atoms with Gasteiger partial charge in [-0.25, -0.2) is 4.90 Å². The fraction of sp³-hybridized carbons (Fsp3) is 0.207. The van der Waals surface area contributed by atoms with Crippen LogP contribution in [-0.4, -0.2) is 35.9 Å². The van der Waals surface area contributed by atoms with E-state index < -0.39 is 23.4 Å². The minimum atomic E-state index is -1.33. The van der Waals surface area contributed by atoms with Crippen LogP contribution in [0.3, 0.4) is 0 Å². The number of para-hydroxylation sites is 2. The largest absolute Gasteiger partial charge is 0.497 e. The third-order valence-corrected chi connectivity index (χ3v) is 8.05. The van der Waals surface area contributed by atoms with Gasteiger partial charge in [0.05, 0.1) is 24.6 Å². The smallest absolute Gasteiger partial charge is 0.250 e. The molecule has 3 N–H and O–H groups in total. The highest BCUT2D eigenvalue weighted by Crippen LogP contribution is 2.54. The third kappa shape index (κ3) is 2.90. The Labute approximate surface area is 212 Å². The van der Waals surface area contributed by atoms with Gasteiger partial charge in [-0.1, -0.05) is 42.5 Å². The Kier molecular flexibility index (Phi) is 4.59. The number of hydrogen-bond acceptors (Lipinski definition) is 5. The molecule has 7 rings (SSSR count). The van der Waals surface area contributed by atoms with Crippen molar-refractivity contribution in [3.05, 3.63) is 90.1 Å². The third-order valence-electron chi connectivity index (χ3n) is 8.05. The lowest BCUT2D eigenvalue weighted by molar-refractivity contribution is -0.130. The molecule has 8 nitrogen and oxygen atoms in total. The highest BCUT2D eigenvalue weighted by Gasteiger charge is 2.70. The maximum atomic E-state index is 14.1. The first-order valence-corrected chi connectivity index (χ1v) is 12.3. The lowest BCUT2D eigenvalue weighted by atomic mass is 9.76. The monoisotopic (exact) mass is 492 g/mol.